The lowest BCUT2D eigenvalue weighted by molar-refractivity contribution is -0.104. The second kappa shape index (κ2) is 5.16. The second-order valence-corrected chi connectivity index (χ2v) is 3.48. The fourth-order valence-corrected chi connectivity index (χ4v) is 1.48. The predicted molar refractivity (Wildman–Crippen MR) is 64.7 cm³/mol. The minimum absolute atomic E-state index is 0.271. The van der Waals surface area contributed by atoms with Gasteiger partial charge >= 0.3 is 0 Å². The summed E-state index contributed by atoms with van der Waals surface area (Å²) in [4.78, 5) is 14.3. The van der Waals surface area contributed by atoms with E-state index < -0.39 is 0 Å². The first-order valence-corrected chi connectivity index (χ1v) is 5.13. The lowest BCUT2D eigenvalue weighted by atomic mass is 10.1. The van der Waals surface area contributed by atoms with Crippen LogP contribution in [0, 0.1) is 5.82 Å². The van der Waals surface area contributed by atoms with Gasteiger partial charge in [0.05, 0.1) is 5.69 Å². The summed E-state index contributed by atoms with van der Waals surface area (Å²) in [5.41, 5.74) is 2.31. The molecule has 17 heavy (non-hydrogen) atoms. The van der Waals surface area contributed by atoms with Gasteiger partial charge in [-0.25, -0.2) is 4.39 Å². The smallest absolute Gasteiger partial charge is 0.142 e. The SMILES string of the molecule is O=C/C=C/c1ccc(-c2cccc(F)c2)cn1. The number of aldehydes is 1. The molecule has 0 fully saturated rings. The van der Waals surface area contributed by atoms with Crippen molar-refractivity contribution >= 4 is 12.4 Å². The Balaban J connectivity index is 2.29. The predicted octanol–water partition coefficient (Wildman–Crippen LogP) is 3.10. The van der Waals surface area contributed by atoms with E-state index in [1.165, 1.54) is 18.2 Å². The fraction of sp³-hybridized carbons (Fsp3) is 0. The summed E-state index contributed by atoms with van der Waals surface area (Å²) in [6.45, 7) is 0. The van der Waals surface area contributed by atoms with Crippen molar-refractivity contribution in [2.75, 3.05) is 0 Å². The molecule has 0 aliphatic heterocycles. The molecule has 0 bridgehead atoms. The minimum Gasteiger partial charge on any atom is -0.299 e. The van der Waals surface area contributed by atoms with E-state index in [2.05, 4.69) is 4.98 Å². The van der Waals surface area contributed by atoms with E-state index >= 15 is 0 Å². The van der Waals surface area contributed by atoms with Gasteiger partial charge in [-0.15, -0.1) is 0 Å². The molecule has 0 N–H and O–H groups in total. The number of benzene rings is 1. The van der Waals surface area contributed by atoms with Gasteiger partial charge in [-0.2, -0.15) is 0 Å². The normalized spacial score (nSPS) is 10.6. The Bertz CT molecular complexity index is 546. The van der Waals surface area contributed by atoms with Crippen molar-refractivity contribution in [2.24, 2.45) is 0 Å². The maximum atomic E-state index is 13.0. The highest BCUT2D eigenvalue weighted by atomic mass is 19.1. The number of allylic oxidation sites excluding steroid dienone is 1. The molecule has 0 saturated carbocycles. The Hall–Kier alpha value is -2.29. The van der Waals surface area contributed by atoms with Crippen LogP contribution in [0.5, 0.6) is 0 Å². The van der Waals surface area contributed by atoms with Crippen LogP contribution in [0.25, 0.3) is 17.2 Å². The van der Waals surface area contributed by atoms with Gasteiger partial charge in [0.2, 0.25) is 0 Å². The first kappa shape index (κ1) is 11.2. The van der Waals surface area contributed by atoms with Crippen LogP contribution in [0.2, 0.25) is 0 Å². The third-order valence-electron chi connectivity index (χ3n) is 2.29. The summed E-state index contributed by atoms with van der Waals surface area (Å²) in [6.07, 6.45) is 5.34. The van der Waals surface area contributed by atoms with Crippen LogP contribution in [0.4, 0.5) is 4.39 Å². The van der Waals surface area contributed by atoms with E-state index in [0.717, 1.165) is 11.1 Å². The van der Waals surface area contributed by atoms with Crippen molar-refractivity contribution in [3.8, 4) is 11.1 Å². The van der Waals surface area contributed by atoms with Crippen molar-refractivity contribution in [3.05, 3.63) is 60.2 Å². The summed E-state index contributed by atoms with van der Waals surface area (Å²) in [5.74, 6) is -0.271. The van der Waals surface area contributed by atoms with Crippen LogP contribution in [0.15, 0.2) is 48.7 Å². The lowest BCUT2D eigenvalue weighted by Crippen LogP contribution is -1.84. The van der Waals surface area contributed by atoms with Gasteiger partial charge < -0.3 is 0 Å². The van der Waals surface area contributed by atoms with Crippen molar-refractivity contribution in [1.29, 1.82) is 0 Å². The molecule has 0 aliphatic rings. The molecule has 0 amide bonds. The lowest BCUT2D eigenvalue weighted by Gasteiger charge is -2.01. The molecule has 2 rings (SSSR count). The van der Waals surface area contributed by atoms with E-state index in [1.54, 1.807) is 24.4 Å². The third kappa shape index (κ3) is 2.84. The Labute approximate surface area is 98.4 Å². The monoisotopic (exact) mass is 227 g/mol. The Morgan fingerprint density at radius 1 is 1.12 bits per heavy atom. The summed E-state index contributed by atoms with van der Waals surface area (Å²) in [7, 11) is 0. The summed E-state index contributed by atoms with van der Waals surface area (Å²) in [5, 5.41) is 0. The number of pyridine rings is 1. The number of aromatic nitrogens is 1. The Morgan fingerprint density at radius 2 is 2.00 bits per heavy atom. The van der Waals surface area contributed by atoms with Crippen LogP contribution in [0.3, 0.4) is 0 Å². The summed E-state index contributed by atoms with van der Waals surface area (Å²) in [6, 6.07) is 9.95. The molecular weight excluding hydrogens is 217 g/mol. The average molecular weight is 227 g/mol. The van der Waals surface area contributed by atoms with Crippen LogP contribution in [0.1, 0.15) is 5.69 Å². The molecular formula is C14H10FNO. The number of carbonyl (C=O) groups is 1. The zero-order valence-corrected chi connectivity index (χ0v) is 9.01. The van der Waals surface area contributed by atoms with Crippen LogP contribution >= 0.6 is 0 Å². The summed E-state index contributed by atoms with van der Waals surface area (Å²) >= 11 is 0. The van der Waals surface area contributed by atoms with E-state index in [4.69, 9.17) is 0 Å². The molecule has 0 saturated heterocycles. The first-order valence-electron chi connectivity index (χ1n) is 5.13. The number of carbonyl (C=O) groups excluding carboxylic acids is 1. The van der Waals surface area contributed by atoms with Gasteiger partial charge in [0, 0.05) is 11.8 Å². The molecule has 1 aromatic heterocycles. The van der Waals surface area contributed by atoms with Crippen molar-refractivity contribution in [2.45, 2.75) is 0 Å². The van der Waals surface area contributed by atoms with Gasteiger partial charge in [0.15, 0.2) is 0 Å². The molecule has 0 radical (unpaired) electrons. The molecule has 2 nitrogen and oxygen atoms in total. The van der Waals surface area contributed by atoms with Gasteiger partial charge in [0.25, 0.3) is 0 Å². The van der Waals surface area contributed by atoms with Crippen molar-refractivity contribution < 1.29 is 9.18 Å². The fourth-order valence-electron chi connectivity index (χ4n) is 1.48. The van der Waals surface area contributed by atoms with Gasteiger partial charge in [-0.1, -0.05) is 18.2 Å². The highest BCUT2D eigenvalue weighted by Crippen LogP contribution is 2.19. The average Bonchev–Trinajstić information content (AvgIpc) is 2.37. The second-order valence-electron chi connectivity index (χ2n) is 3.48. The summed E-state index contributed by atoms with van der Waals surface area (Å²) < 4.78 is 13.0. The maximum absolute atomic E-state index is 13.0. The van der Waals surface area contributed by atoms with Crippen LogP contribution in [-0.4, -0.2) is 11.3 Å². The number of hydrogen-bond acceptors (Lipinski definition) is 2. The van der Waals surface area contributed by atoms with E-state index in [-0.39, 0.29) is 5.82 Å². The quantitative estimate of drug-likeness (QED) is 0.595. The van der Waals surface area contributed by atoms with Gasteiger partial charge in [-0.05, 0) is 35.9 Å². The number of nitrogens with zero attached hydrogens (tertiary/aromatic N) is 1. The third-order valence-corrected chi connectivity index (χ3v) is 2.29. The highest BCUT2D eigenvalue weighted by Gasteiger charge is 1.99. The minimum atomic E-state index is -0.271. The Morgan fingerprint density at radius 3 is 2.65 bits per heavy atom. The van der Waals surface area contributed by atoms with Crippen molar-refractivity contribution in [3.63, 3.8) is 0 Å². The number of rotatable bonds is 3. The molecule has 0 aliphatic carbocycles. The molecule has 2 aromatic rings. The number of halogens is 1. The molecule has 1 aromatic carbocycles. The van der Waals surface area contributed by atoms with E-state index in [9.17, 15) is 9.18 Å². The Kier molecular flexibility index (Phi) is 3.40. The maximum Gasteiger partial charge on any atom is 0.142 e. The standard InChI is InChI=1S/C14H10FNO/c15-13-4-1-3-11(9-13)12-6-7-14(16-10-12)5-2-8-17/h1-10H/b5-2+. The topological polar surface area (TPSA) is 30.0 Å². The molecule has 0 atom stereocenters. The largest absolute Gasteiger partial charge is 0.299 e. The molecule has 84 valence electrons. The van der Waals surface area contributed by atoms with Gasteiger partial charge in [-0.3, -0.25) is 9.78 Å². The van der Waals surface area contributed by atoms with E-state index in [1.807, 2.05) is 12.1 Å². The number of hydrogen-bond donors (Lipinski definition) is 0. The zero-order valence-electron chi connectivity index (χ0n) is 9.01. The van der Waals surface area contributed by atoms with Crippen molar-refractivity contribution in [1.82, 2.24) is 4.98 Å². The molecule has 0 spiro atoms. The van der Waals surface area contributed by atoms with Gasteiger partial charge in [0.1, 0.15) is 12.1 Å². The molecule has 3 heteroatoms. The van der Waals surface area contributed by atoms with E-state index in [0.29, 0.717) is 12.0 Å². The molecule has 0 unspecified atom stereocenters. The zero-order chi connectivity index (χ0) is 12.1. The van der Waals surface area contributed by atoms with Crippen LogP contribution < -0.4 is 0 Å². The highest BCUT2D eigenvalue weighted by molar-refractivity contribution is 5.73. The first-order chi connectivity index (χ1) is 8.29. The van der Waals surface area contributed by atoms with Crippen LogP contribution in [-0.2, 0) is 4.79 Å². The molecule has 1 heterocycles.